The van der Waals surface area contributed by atoms with E-state index in [0.717, 1.165) is 57.8 Å². The summed E-state index contributed by atoms with van der Waals surface area (Å²) in [5.74, 6) is -2.09. The number of esters is 2. The summed E-state index contributed by atoms with van der Waals surface area (Å²) in [5.41, 5.74) is 0. The maximum atomic E-state index is 12.8. The third kappa shape index (κ3) is 28.6. The minimum Gasteiger partial charge on any atom is -0.462 e. The normalized spacial score (nSPS) is 21.5. The molecule has 0 aliphatic heterocycles. The van der Waals surface area contributed by atoms with Gasteiger partial charge in [0, 0.05) is 18.8 Å². The minimum absolute atomic E-state index is 0.119. The maximum absolute atomic E-state index is 12.8. The van der Waals surface area contributed by atoms with Crippen LogP contribution in [0.3, 0.4) is 0 Å². The van der Waals surface area contributed by atoms with Crippen LogP contribution in [0.25, 0.3) is 0 Å². The predicted molar refractivity (Wildman–Crippen MR) is 218 cm³/mol. The van der Waals surface area contributed by atoms with Crippen LogP contribution in [-0.4, -0.2) is 104 Å². The third-order valence-corrected chi connectivity index (χ3v) is 11.0. The quantitative estimate of drug-likeness (QED) is 0.0155. The van der Waals surface area contributed by atoms with Gasteiger partial charge in [-0.05, 0) is 50.9 Å². The van der Waals surface area contributed by atoms with E-state index in [-0.39, 0.29) is 25.2 Å². The Morgan fingerprint density at radius 2 is 1.31 bits per heavy atom. The topological polar surface area (TPSA) is 256 Å². The van der Waals surface area contributed by atoms with E-state index in [1.54, 1.807) is 18.2 Å². The number of carbonyl (C=O) groups is 2. The molecule has 16 nitrogen and oxygen atoms in total. The summed E-state index contributed by atoms with van der Waals surface area (Å²) >= 11 is 0. The number of phosphoric ester groups is 2. The zero-order chi connectivity index (χ0) is 43.2. The number of aliphatic hydroxyl groups is 4. The Balaban J connectivity index is 2.67. The first kappa shape index (κ1) is 54.2. The second-order valence-electron chi connectivity index (χ2n) is 14.9. The van der Waals surface area contributed by atoms with Crippen LogP contribution in [0.1, 0.15) is 136 Å². The molecule has 0 radical (unpaired) electrons. The molecule has 18 heteroatoms. The molecule has 0 aromatic rings. The molecule has 0 spiro atoms. The van der Waals surface area contributed by atoms with Gasteiger partial charge >= 0.3 is 27.6 Å². The number of ether oxygens (including phenoxy) is 2. The molecule has 58 heavy (non-hydrogen) atoms. The monoisotopic (exact) mass is 870 g/mol. The molecule has 1 rings (SSSR count). The van der Waals surface area contributed by atoms with Crippen LogP contribution in [0.4, 0.5) is 0 Å². The van der Waals surface area contributed by atoms with Crippen molar-refractivity contribution >= 4 is 27.6 Å². The molecule has 1 aliphatic carbocycles. The Morgan fingerprint density at radius 1 is 0.707 bits per heavy atom. The lowest BCUT2D eigenvalue weighted by Crippen LogP contribution is -2.29. The van der Waals surface area contributed by atoms with E-state index in [1.165, 1.54) is 31.8 Å². The number of aliphatic hydroxyl groups excluding tert-OH is 4. The van der Waals surface area contributed by atoms with Crippen LogP contribution >= 0.6 is 15.6 Å². The van der Waals surface area contributed by atoms with Crippen LogP contribution in [0.15, 0.2) is 36.5 Å². The van der Waals surface area contributed by atoms with Crippen molar-refractivity contribution in [1.82, 2.24) is 0 Å². The largest absolute Gasteiger partial charge is 0.472 e. The molecule has 0 saturated heterocycles. The van der Waals surface area contributed by atoms with Crippen molar-refractivity contribution < 1.29 is 76.9 Å². The Labute approximate surface area is 344 Å². The van der Waals surface area contributed by atoms with Crippen LogP contribution in [0.5, 0.6) is 0 Å². The lowest BCUT2D eigenvalue weighted by Gasteiger charge is -2.20. The van der Waals surface area contributed by atoms with Gasteiger partial charge in [0.1, 0.15) is 12.7 Å². The third-order valence-electron chi connectivity index (χ3n) is 9.59. The summed E-state index contributed by atoms with van der Waals surface area (Å²) in [6, 6.07) is 0. The van der Waals surface area contributed by atoms with Gasteiger partial charge in [-0.1, -0.05) is 108 Å². The van der Waals surface area contributed by atoms with Gasteiger partial charge in [-0.2, -0.15) is 0 Å². The first-order valence-corrected chi connectivity index (χ1v) is 24.0. The fourth-order valence-corrected chi connectivity index (χ4v) is 7.47. The molecule has 1 unspecified atom stereocenters. The number of unbranched alkanes of at least 4 members (excludes halogenated alkanes) is 11. The van der Waals surface area contributed by atoms with Crippen LogP contribution in [0, 0.1) is 11.8 Å². The molecule has 0 heterocycles. The first-order chi connectivity index (χ1) is 27.6. The molecule has 1 fully saturated rings. The molecular formula is C40H72O16P2. The van der Waals surface area contributed by atoms with Gasteiger partial charge < -0.3 is 44.6 Å². The summed E-state index contributed by atoms with van der Waals surface area (Å²) in [7, 11) is -9.80. The summed E-state index contributed by atoms with van der Waals surface area (Å²) in [6.07, 6.45) is 21.3. The number of hydrogen-bond acceptors (Lipinski definition) is 13. The second kappa shape index (κ2) is 32.0. The van der Waals surface area contributed by atoms with Gasteiger partial charge in [0.2, 0.25) is 0 Å². The summed E-state index contributed by atoms with van der Waals surface area (Å²) in [4.78, 5) is 52.9. The van der Waals surface area contributed by atoms with Gasteiger partial charge in [-0.3, -0.25) is 23.2 Å². The number of carbonyl (C=O) groups excluding carboxylic acids is 2. The van der Waals surface area contributed by atoms with Crippen LogP contribution in [0.2, 0.25) is 0 Å². The first-order valence-electron chi connectivity index (χ1n) is 20.9. The predicted octanol–water partition coefficient (Wildman–Crippen LogP) is 6.49. The lowest BCUT2D eigenvalue weighted by atomic mass is 9.89. The molecule has 8 atom stereocenters. The van der Waals surface area contributed by atoms with Crippen molar-refractivity contribution in [3.63, 3.8) is 0 Å². The maximum Gasteiger partial charge on any atom is 0.472 e. The van der Waals surface area contributed by atoms with E-state index >= 15 is 0 Å². The SMILES string of the molecule is CCCCCC/C=C\CCCCCCCC(=O)OC[C@H](COP(=O)(O)OC[C@@H](O)COP(=O)(O)O)OC(=O)C/C=C\C[C@H]1[C@@H](/C=C/[C@H](O)CCCCC)[C@H](O)C[C@@H]1O. The van der Waals surface area contributed by atoms with Crippen molar-refractivity contribution in [3.8, 4) is 0 Å². The Kier molecular flexibility index (Phi) is 29.9. The number of hydrogen-bond donors (Lipinski definition) is 7. The number of rotatable bonds is 35. The van der Waals surface area contributed by atoms with E-state index in [0.29, 0.717) is 19.3 Å². The highest BCUT2D eigenvalue weighted by molar-refractivity contribution is 7.47. The molecule has 0 bridgehead atoms. The zero-order valence-electron chi connectivity index (χ0n) is 34.5. The fraction of sp³-hybridized carbons (Fsp3) is 0.800. The molecule has 1 saturated carbocycles. The van der Waals surface area contributed by atoms with E-state index in [2.05, 4.69) is 35.0 Å². The second-order valence-corrected chi connectivity index (χ2v) is 17.6. The van der Waals surface area contributed by atoms with Gasteiger partial charge in [0.15, 0.2) is 6.10 Å². The van der Waals surface area contributed by atoms with Gasteiger partial charge in [-0.15, -0.1) is 0 Å². The highest BCUT2D eigenvalue weighted by Gasteiger charge is 2.39. The number of allylic oxidation sites excluding steroid dienone is 3. The van der Waals surface area contributed by atoms with E-state index in [1.807, 2.05) is 0 Å². The van der Waals surface area contributed by atoms with Crippen molar-refractivity contribution in [1.29, 1.82) is 0 Å². The van der Waals surface area contributed by atoms with E-state index in [4.69, 9.17) is 23.8 Å². The summed E-state index contributed by atoms with van der Waals surface area (Å²) < 4.78 is 47.6. The molecule has 7 N–H and O–H groups in total. The molecule has 1 aliphatic rings. The van der Waals surface area contributed by atoms with Crippen LogP contribution in [-0.2, 0) is 41.8 Å². The summed E-state index contributed by atoms with van der Waals surface area (Å²) in [6.45, 7) is 1.24. The molecule has 0 aromatic heterocycles. The molecule has 0 amide bonds. The Morgan fingerprint density at radius 3 is 1.98 bits per heavy atom. The minimum atomic E-state index is -4.90. The van der Waals surface area contributed by atoms with Crippen molar-refractivity contribution in [2.75, 3.05) is 26.4 Å². The van der Waals surface area contributed by atoms with Crippen molar-refractivity contribution in [2.24, 2.45) is 11.8 Å². The molecule has 338 valence electrons. The van der Waals surface area contributed by atoms with Gasteiger partial charge in [-0.25, -0.2) is 9.13 Å². The highest BCUT2D eigenvalue weighted by atomic mass is 31.2. The Hall–Kier alpha value is -1.78. The Bertz CT molecular complexity index is 1290. The van der Waals surface area contributed by atoms with Crippen molar-refractivity contribution in [3.05, 3.63) is 36.5 Å². The standard InChI is InChI=1S/C40H72O16P2/c1-3-5-7-8-9-10-11-12-13-14-15-16-18-23-39(45)52-30-34(31-55-58(50,51)54-29-33(42)28-53-57(47,48)49)56-40(46)24-20-19-22-35-36(38(44)27-37(35)43)26-25-32(41)21-17-6-4-2/h10-11,19-20,25-26,32-38,41-44H,3-9,12-18,21-24,27-31H2,1-2H3,(H,50,51)(H2,47,48,49)/b11-10-,20-19-,26-25+/t32-,33+,34-,35+,36-,37+,38-/m1/s1. The zero-order valence-corrected chi connectivity index (χ0v) is 36.3. The number of phosphoric acid groups is 2. The molecular weight excluding hydrogens is 798 g/mol. The van der Waals surface area contributed by atoms with Gasteiger partial charge in [0.05, 0.1) is 44.6 Å². The van der Waals surface area contributed by atoms with Gasteiger partial charge in [0.25, 0.3) is 0 Å². The van der Waals surface area contributed by atoms with Crippen LogP contribution < -0.4 is 0 Å². The average molecular weight is 871 g/mol. The average Bonchev–Trinajstić information content (AvgIpc) is 3.44. The highest BCUT2D eigenvalue weighted by Crippen LogP contribution is 2.44. The lowest BCUT2D eigenvalue weighted by molar-refractivity contribution is -0.160. The fourth-order valence-electron chi connectivity index (χ4n) is 6.32. The smallest absolute Gasteiger partial charge is 0.462 e. The van der Waals surface area contributed by atoms with E-state index in [9.17, 15) is 44.0 Å². The van der Waals surface area contributed by atoms with Crippen molar-refractivity contribution in [2.45, 2.75) is 166 Å². The summed E-state index contributed by atoms with van der Waals surface area (Å²) in [5, 5.41) is 41.1. The van der Waals surface area contributed by atoms with E-state index < -0.39 is 90.4 Å². The molecule has 0 aromatic carbocycles.